The Morgan fingerprint density at radius 2 is 2.09 bits per heavy atom. The van der Waals surface area contributed by atoms with Gasteiger partial charge in [-0.05, 0) is 59.7 Å². The molecule has 0 aliphatic rings. The Labute approximate surface area is 136 Å². The van der Waals surface area contributed by atoms with Gasteiger partial charge in [-0.1, -0.05) is 26.2 Å². The molecule has 2 nitrogen and oxygen atoms in total. The Kier molecular flexibility index (Phi) is 5.07. The fourth-order valence-corrected chi connectivity index (χ4v) is 3.69. The predicted molar refractivity (Wildman–Crippen MR) is 95.2 cm³/mol. The van der Waals surface area contributed by atoms with Crippen molar-refractivity contribution >= 4 is 11.3 Å². The molecule has 0 unspecified atom stereocenters. The van der Waals surface area contributed by atoms with Crippen LogP contribution in [-0.2, 0) is 6.42 Å². The summed E-state index contributed by atoms with van der Waals surface area (Å²) in [7, 11) is 0. The first-order valence-electron chi connectivity index (χ1n) is 8.05. The minimum atomic E-state index is 1.01. The highest BCUT2D eigenvalue weighted by atomic mass is 32.1. The van der Waals surface area contributed by atoms with Crippen molar-refractivity contribution in [2.24, 2.45) is 0 Å². The summed E-state index contributed by atoms with van der Waals surface area (Å²) in [6.07, 6.45) is 10.3. The number of nitrogens with one attached hydrogen (secondary N) is 1. The number of pyridine rings is 1. The molecule has 0 spiro atoms. The van der Waals surface area contributed by atoms with Gasteiger partial charge >= 0.3 is 0 Å². The Morgan fingerprint density at radius 1 is 1.14 bits per heavy atom. The van der Waals surface area contributed by atoms with E-state index in [-0.39, 0.29) is 0 Å². The lowest BCUT2D eigenvalue weighted by molar-refractivity contribution is 0.668. The molecule has 0 saturated heterocycles. The van der Waals surface area contributed by atoms with Gasteiger partial charge in [-0.25, -0.2) is 0 Å². The maximum Gasteiger partial charge on any atom is 0.0870 e. The van der Waals surface area contributed by atoms with Gasteiger partial charge in [0.15, 0.2) is 0 Å². The zero-order valence-electron chi connectivity index (χ0n) is 13.0. The molecule has 114 valence electrons. The molecule has 0 atom stereocenters. The number of aryl methyl sites for hydroxylation is 1. The van der Waals surface area contributed by atoms with E-state index >= 15 is 0 Å². The number of thiophene rings is 1. The maximum absolute atomic E-state index is 4.48. The molecule has 0 saturated carbocycles. The number of aromatic amines is 1. The molecule has 3 heteroatoms. The van der Waals surface area contributed by atoms with Crippen LogP contribution in [0.4, 0.5) is 0 Å². The molecule has 0 aliphatic heterocycles. The summed E-state index contributed by atoms with van der Waals surface area (Å²) in [6.45, 7) is 2.26. The Bertz CT molecular complexity index is 698. The second-order valence-electron chi connectivity index (χ2n) is 5.60. The van der Waals surface area contributed by atoms with Crippen LogP contribution in [0.15, 0.2) is 48.1 Å². The van der Waals surface area contributed by atoms with Gasteiger partial charge in [0, 0.05) is 17.3 Å². The van der Waals surface area contributed by atoms with E-state index < -0.39 is 0 Å². The molecule has 0 aliphatic carbocycles. The average molecular weight is 310 g/mol. The lowest BCUT2D eigenvalue weighted by Gasteiger charge is -2.06. The largest absolute Gasteiger partial charge is 0.360 e. The Morgan fingerprint density at radius 3 is 2.91 bits per heavy atom. The van der Waals surface area contributed by atoms with E-state index in [1.807, 2.05) is 29.8 Å². The van der Waals surface area contributed by atoms with Crippen LogP contribution in [0.2, 0.25) is 0 Å². The van der Waals surface area contributed by atoms with E-state index in [4.69, 9.17) is 0 Å². The minimum Gasteiger partial charge on any atom is -0.360 e. The fourth-order valence-electron chi connectivity index (χ4n) is 2.74. The number of aromatic nitrogens is 2. The molecule has 3 aromatic heterocycles. The summed E-state index contributed by atoms with van der Waals surface area (Å²) < 4.78 is 0. The van der Waals surface area contributed by atoms with Crippen LogP contribution in [0.5, 0.6) is 0 Å². The summed E-state index contributed by atoms with van der Waals surface area (Å²) in [5, 5.41) is 2.21. The molecule has 0 fully saturated rings. The number of unbranched alkanes of at least 4 members (excludes halogenated alkanes) is 3. The highest BCUT2D eigenvalue weighted by Crippen LogP contribution is 2.32. The van der Waals surface area contributed by atoms with Crippen LogP contribution < -0.4 is 0 Å². The Balaban J connectivity index is 1.80. The van der Waals surface area contributed by atoms with Crippen LogP contribution in [0.3, 0.4) is 0 Å². The summed E-state index contributed by atoms with van der Waals surface area (Å²) in [4.78, 5) is 9.11. The third kappa shape index (κ3) is 3.47. The molecule has 0 aromatic carbocycles. The number of nitrogens with zero attached hydrogens (tertiary/aromatic N) is 1. The molecule has 1 N–H and O–H groups in total. The van der Waals surface area contributed by atoms with Crippen molar-refractivity contribution in [2.75, 3.05) is 0 Å². The van der Waals surface area contributed by atoms with E-state index in [0.29, 0.717) is 0 Å². The molecule has 3 rings (SSSR count). The van der Waals surface area contributed by atoms with Crippen molar-refractivity contribution in [3.63, 3.8) is 0 Å². The van der Waals surface area contributed by atoms with Gasteiger partial charge in [-0.2, -0.15) is 0 Å². The van der Waals surface area contributed by atoms with Gasteiger partial charge in [0.05, 0.1) is 11.4 Å². The van der Waals surface area contributed by atoms with Crippen LogP contribution in [-0.4, -0.2) is 9.97 Å². The Hall–Kier alpha value is -1.87. The minimum absolute atomic E-state index is 1.01. The standard InChI is InChI=1S/C19H22N2S/c1-2-3-4-5-7-15-10-13-22-19(15)16-9-12-21-18(14-16)17-8-6-11-20-17/h6,8-14,20H,2-5,7H2,1H3. The molecular weight excluding hydrogens is 288 g/mol. The lowest BCUT2D eigenvalue weighted by Crippen LogP contribution is -1.88. The van der Waals surface area contributed by atoms with Crippen LogP contribution >= 0.6 is 11.3 Å². The van der Waals surface area contributed by atoms with Crippen molar-refractivity contribution in [3.8, 4) is 21.8 Å². The number of hydrogen-bond donors (Lipinski definition) is 1. The molecular formula is C19H22N2S. The van der Waals surface area contributed by atoms with E-state index in [0.717, 1.165) is 11.4 Å². The number of H-pyrrole nitrogens is 1. The van der Waals surface area contributed by atoms with Gasteiger partial charge in [0.25, 0.3) is 0 Å². The molecule has 0 bridgehead atoms. The average Bonchev–Trinajstić information content (AvgIpc) is 3.23. The normalized spacial score (nSPS) is 11.0. The third-order valence-corrected chi connectivity index (χ3v) is 4.95. The van der Waals surface area contributed by atoms with Crippen molar-refractivity contribution in [2.45, 2.75) is 39.0 Å². The van der Waals surface area contributed by atoms with E-state index in [9.17, 15) is 0 Å². The maximum atomic E-state index is 4.48. The molecule has 3 aromatic rings. The molecule has 3 heterocycles. The van der Waals surface area contributed by atoms with Crippen LogP contribution in [0.1, 0.15) is 38.2 Å². The van der Waals surface area contributed by atoms with Crippen LogP contribution in [0.25, 0.3) is 21.8 Å². The SMILES string of the molecule is CCCCCCc1ccsc1-c1ccnc(-c2ccc[nH]2)c1. The van der Waals surface area contributed by atoms with Crippen LogP contribution in [0, 0.1) is 0 Å². The molecule has 0 radical (unpaired) electrons. The van der Waals surface area contributed by atoms with Gasteiger partial charge in [0.1, 0.15) is 0 Å². The van der Waals surface area contributed by atoms with E-state index in [1.165, 1.54) is 48.1 Å². The molecule has 22 heavy (non-hydrogen) atoms. The van der Waals surface area contributed by atoms with Crippen molar-refractivity contribution < 1.29 is 0 Å². The monoisotopic (exact) mass is 310 g/mol. The van der Waals surface area contributed by atoms with E-state index in [1.54, 1.807) is 0 Å². The zero-order valence-corrected chi connectivity index (χ0v) is 13.8. The van der Waals surface area contributed by atoms with Crippen molar-refractivity contribution in [3.05, 3.63) is 53.7 Å². The summed E-state index contributed by atoms with van der Waals surface area (Å²) >= 11 is 1.83. The van der Waals surface area contributed by atoms with Gasteiger partial charge in [-0.15, -0.1) is 11.3 Å². The number of hydrogen-bond acceptors (Lipinski definition) is 2. The van der Waals surface area contributed by atoms with Crippen molar-refractivity contribution in [1.29, 1.82) is 0 Å². The zero-order chi connectivity index (χ0) is 15.2. The first-order valence-corrected chi connectivity index (χ1v) is 8.93. The first-order chi connectivity index (χ1) is 10.9. The van der Waals surface area contributed by atoms with E-state index in [2.05, 4.69) is 46.5 Å². The topological polar surface area (TPSA) is 28.7 Å². The quantitative estimate of drug-likeness (QED) is 0.538. The fraction of sp³-hybridized carbons (Fsp3) is 0.316. The lowest BCUT2D eigenvalue weighted by atomic mass is 10.0. The summed E-state index contributed by atoms with van der Waals surface area (Å²) in [5.41, 5.74) is 4.83. The number of rotatable bonds is 7. The first kappa shape index (κ1) is 15.0. The van der Waals surface area contributed by atoms with Crippen molar-refractivity contribution in [1.82, 2.24) is 9.97 Å². The highest BCUT2D eigenvalue weighted by molar-refractivity contribution is 7.13. The third-order valence-electron chi connectivity index (χ3n) is 3.94. The smallest absolute Gasteiger partial charge is 0.0870 e. The summed E-state index contributed by atoms with van der Waals surface area (Å²) in [5.74, 6) is 0. The highest BCUT2D eigenvalue weighted by Gasteiger charge is 2.09. The molecule has 0 amide bonds. The second-order valence-corrected chi connectivity index (χ2v) is 6.52. The predicted octanol–water partition coefficient (Wildman–Crippen LogP) is 5.93. The van der Waals surface area contributed by atoms with Gasteiger partial charge < -0.3 is 4.98 Å². The van der Waals surface area contributed by atoms with Gasteiger partial charge in [-0.3, -0.25) is 4.98 Å². The second kappa shape index (κ2) is 7.41. The summed E-state index contributed by atoms with van der Waals surface area (Å²) in [6, 6.07) is 10.7. The van der Waals surface area contributed by atoms with Gasteiger partial charge in [0.2, 0.25) is 0 Å².